The van der Waals surface area contributed by atoms with Crippen LogP contribution in [-0.2, 0) is 0 Å². The summed E-state index contributed by atoms with van der Waals surface area (Å²) in [5.74, 6) is 1.54. The number of carbonyl (C=O) groups excluding carboxylic acids is 1. The molecular formula is C19H23N5O2. The van der Waals surface area contributed by atoms with Crippen molar-refractivity contribution in [3.8, 4) is 11.6 Å². The third kappa shape index (κ3) is 4.66. The van der Waals surface area contributed by atoms with E-state index in [9.17, 15) is 4.79 Å². The monoisotopic (exact) mass is 353 g/mol. The Morgan fingerprint density at radius 3 is 2.62 bits per heavy atom. The fraction of sp³-hybridized carbons (Fsp3) is 0.263. The quantitative estimate of drug-likeness (QED) is 0.780. The van der Waals surface area contributed by atoms with Crippen molar-refractivity contribution in [3.05, 3.63) is 67.1 Å². The van der Waals surface area contributed by atoms with E-state index < -0.39 is 0 Å². The molecule has 7 nitrogen and oxygen atoms in total. The molecule has 26 heavy (non-hydrogen) atoms. The smallest absolute Gasteiger partial charge is 0.289 e. The Hall–Kier alpha value is -3.22. The minimum absolute atomic E-state index is 0. The molecule has 1 N–H and O–H groups in total. The summed E-state index contributed by atoms with van der Waals surface area (Å²) in [7, 11) is 1.66. The van der Waals surface area contributed by atoms with Crippen molar-refractivity contribution in [3.63, 3.8) is 0 Å². The number of carbonyl (C=O) groups is 1. The Balaban J connectivity index is 0.000000247. The molecule has 0 spiro atoms. The molecule has 1 aliphatic carbocycles. The van der Waals surface area contributed by atoms with Crippen LogP contribution in [0.15, 0.2) is 61.3 Å². The predicted molar refractivity (Wildman–Crippen MR) is 99.4 cm³/mol. The van der Waals surface area contributed by atoms with E-state index in [0.29, 0.717) is 5.82 Å². The van der Waals surface area contributed by atoms with Gasteiger partial charge in [0.1, 0.15) is 17.9 Å². The zero-order valence-corrected chi connectivity index (χ0v) is 14.6. The Kier molecular flexibility index (Phi) is 5.92. The van der Waals surface area contributed by atoms with E-state index >= 15 is 0 Å². The molecule has 0 atom stereocenters. The maximum absolute atomic E-state index is 11.9. The molecule has 3 aromatic rings. The molecule has 0 aliphatic heterocycles. The van der Waals surface area contributed by atoms with Gasteiger partial charge in [-0.2, -0.15) is 0 Å². The lowest BCUT2D eigenvalue weighted by Gasteiger charge is -2.25. The summed E-state index contributed by atoms with van der Waals surface area (Å²) in [5.41, 5.74) is 0. The van der Waals surface area contributed by atoms with Gasteiger partial charge in [-0.15, -0.1) is 0 Å². The average molecular weight is 353 g/mol. The van der Waals surface area contributed by atoms with Crippen LogP contribution in [0, 0.1) is 0 Å². The summed E-state index contributed by atoms with van der Waals surface area (Å²) in [6.07, 6.45) is 9.93. The number of nitrogens with zero attached hydrogens (tertiary/aromatic N) is 4. The number of nitrogens with one attached hydrogen (secondary N) is 1. The molecule has 4 rings (SSSR count). The summed E-state index contributed by atoms with van der Waals surface area (Å²) >= 11 is 0. The molecule has 1 saturated carbocycles. The van der Waals surface area contributed by atoms with Gasteiger partial charge in [-0.25, -0.2) is 15.0 Å². The van der Waals surface area contributed by atoms with Gasteiger partial charge in [-0.3, -0.25) is 9.36 Å². The second-order valence-electron chi connectivity index (χ2n) is 5.83. The van der Waals surface area contributed by atoms with E-state index in [2.05, 4.69) is 20.3 Å². The molecule has 1 amide bonds. The highest BCUT2D eigenvalue weighted by Gasteiger charge is 2.21. The molecule has 0 radical (unpaired) electrons. The van der Waals surface area contributed by atoms with Gasteiger partial charge in [0.05, 0.1) is 7.11 Å². The Bertz CT molecular complexity index is 823. The standard InChI is InChI=1S/C12H13N5O.C7H8O.H2/c18-12(15-9-2-1-3-9)11-14-5-4-10(16-11)17-7-6-13-8-17;1-8-7-5-3-2-4-6-7;/h4-9H,1-3H2,(H,15,18);2-6H,1H3;1H. The zero-order valence-electron chi connectivity index (χ0n) is 14.6. The van der Waals surface area contributed by atoms with Crippen molar-refractivity contribution in [1.82, 2.24) is 24.8 Å². The second kappa shape index (κ2) is 8.75. The van der Waals surface area contributed by atoms with Gasteiger partial charge in [0.15, 0.2) is 0 Å². The maximum atomic E-state index is 11.9. The summed E-state index contributed by atoms with van der Waals surface area (Å²) in [6, 6.07) is 11.7. The number of amides is 1. The number of hydrogen-bond acceptors (Lipinski definition) is 5. The molecule has 1 fully saturated rings. The van der Waals surface area contributed by atoms with E-state index in [4.69, 9.17) is 4.74 Å². The topological polar surface area (TPSA) is 81.9 Å². The normalized spacial score (nSPS) is 13.1. The van der Waals surface area contributed by atoms with Crippen molar-refractivity contribution in [2.24, 2.45) is 0 Å². The summed E-state index contributed by atoms with van der Waals surface area (Å²) < 4.78 is 6.65. The minimum Gasteiger partial charge on any atom is -0.497 e. The predicted octanol–water partition coefficient (Wildman–Crippen LogP) is 2.89. The number of benzene rings is 1. The lowest BCUT2D eigenvalue weighted by molar-refractivity contribution is 0.0906. The maximum Gasteiger partial charge on any atom is 0.289 e. The van der Waals surface area contributed by atoms with Gasteiger partial charge in [0.2, 0.25) is 5.82 Å². The highest BCUT2D eigenvalue weighted by Crippen LogP contribution is 2.18. The number of aromatic nitrogens is 4. The number of imidazole rings is 1. The number of para-hydroxylation sites is 1. The Morgan fingerprint density at radius 2 is 2.04 bits per heavy atom. The molecule has 2 aromatic heterocycles. The van der Waals surface area contributed by atoms with Gasteiger partial charge in [0, 0.05) is 26.1 Å². The molecule has 1 aromatic carbocycles. The lowest BCUT2D eigenvalue weighted by atomic mass is 9.93. The molecule has 136 valence electrons. The first-order valence-electron chi connectivity index (χ1n) is 8.47. The van der Waals surface area contributed by atoms with Gasteiger partial charge >= 0.3 is 0 Å². The first-order chi connectivity index (χ1) is 12.8. The largest absolute Gasteiger partial charge is 0.497 e. The first-order valence-corrected chi connectivity index (χ1v) is 8.47. The van der Waals surface area contributed by atoms with Crippen LogP contribution < -0.4 is 10.1 Å². The third-order valence-corrected chi connectivity index (χ3v) is 4.03. The van der Waals surface area contributed by atoms with Crippen LogP contribution in [0.1, 0.15) is 31.3 Å². The number of rotatable bonds is 4. The Labute approximate surface area is 153 Å². The molecular weight excluding hydrogens is 330 g/mol. The van der Waals surface area contributed by atoms with E-state index in [1.807, 2.05) is 30.3 Å². The number of methoxy groups -OCH3 is 1. The lowest BCUT2D eigenvalue weighted by Crippen LogP contribution is -2.40. The number of hydrogen-bond donors (Lipinski definition) is 1. The third-order valence-electron chi connectivity index (χ3n) is 4.03. The summed E-state index contributed by atoms with van der Waals surface area (Å²) in [5, 5.41) is 2.92. The van der Waals surface area contributed by atoms with Crippen molar-refractivity contribution in [2.45, 2.75) is 25.3 Å². The highest BCUT2D eigenvalue weighted by molar-refractivity contribution is 5.90. The van der Waals surface area contributed by atoms with Crippen molar-refractivity contribution in [1.29, 1.82) is 0 Å². The van der Waals surface area contributed by atoms with E-state index in [1.165, 1.54) is 6.42 Å². The molecule has 2 heterocycles. The van der Waals surface area contributed by atoms with Crippen molar-refractivity contribution >= 4 is 5.91 Å². The summed E-state index contributed by atoms with van der Waals surface area (Å²) in [4.78, 5) is 24.1. The molecule has 0 bridgehead atoms. The van der Waals surface area contributed by atoms with Crippen LogP contribution in [0.25, 0.3) is 5.82 Å². The summed E-state index contributed by atoms with van der Waals surface area (Å²) in [6.45, 7) is 0. The fourth-order valence-corrected chi connectivity index (χ4v) is 2.36. The first kappa shape index (κ1) is 17.6. The van der Waals surface area contributed by atoms with Gasteiger partial charge in [-0.1, -0.05) is 18.2 Å². The minimum atomic E-state index is -0.207. The van der Waals surface area contributed by atoms with Crippen LogP contribution in [0.5, 0.6) is 5.75 Å². The van der Waals surface area contributed by atoms with Crippen molar-refractivity contribution < 1.29 is 11.0 Å². The molecule has 7 heteroatoms. The molecule has 1 aliphatic rings. The fourth-order valence-electron chi connectivity index (χ4n) is 2.36. The van der Waals surface area contributed by atoms with Gasteiger partial charge < -0.3 is 10.1 Å². The van der Waals surface area contributed by atoms with Crippen LogP contribution >= 0.6 is 0 Å². The SMILES string of the molecule is COc1ccccc1.O=C(NC1CCC1)c1nccc(-n2ccnc2)n1.[HH]. The highest BCUT2D eigenvalue weighted by atomic mass is 16.5. The van der Waals surface area contributed by atoms with Gasteiger partial charge in [0.25, 0.3) is 5.91 Å². The van der Waals surface area contributed by atoms with E-state index in [0.717, 1.165) is 18.6 Å². The van der Waals surface area contributed by atoms with Crippen LogP contribution in [0.2, 0.25) is 0 Å². The average Bonchev–Trinajstić information content (AvgIpc) is 3.21. The zero-order chi connectivity index (χ0) is 18.2. The number of ether oxygens (including phenoxy) is 1. The van der Waals surface area contributed by atoms with Crippen molar-refractivity contribution in [2.75, 3.05) is 7.11 Å². The van der Waals surface area contributed by atoms with E-state index in [1.54, 1.807) is 42.7 Å². The van der Waals surface area contributed by atoms with Crippen LogP contribution in [0.4, 0.5) is 0 Å². The van der Waals surface area contributed by atoms with Crippen LogP contribution in [-0.4, -0.2) is 38.6 Å². The van der Waals surface area contributed by atoms with E-state index in [-0.39, 0.29) is 19.2 Å². The Morgan fingerprint density at radius 1 is 1.23 bits per heavy atom. The second-order valence-corrected chi connectivity index (χ2v) is 5.83. The van der Waals surface area contributed by atoms with Crippen LogP contribution in [0.3, 0.4) is 0 Å². The molecule has 0 unspecified atom stereocenters. The molecule has 0 saturated heterocycles. The van der Waals surface area contributed by atoms with Gasteiger partial charge in [-0.05, 0) is 37.5 Å².